The number of esters is 1. The molecule has 4 nitrogen and oxygen atoms in total. The van der Waals surface area contributed by atoms with Crippen LogP contribution in [0.4, 0.5) is 0 Å². The van der Waals surface area contributed by atoms with Crippen LogP contribution in [0.15, 0.2) is 0 Å². The van der Waals surface area contributed by atoms with Gasteiger partial charge in [0.25, 0.3) is 0 Å². The van der Waals surface area contributed by atoms with Gasteiger partial charge in [-0.25, -0.2) is 0 Å². The lowest BCUT2D eigenvalue weighted by Crippen LogP contribution is -2.38. The van der Waals surface area contributed by atoms with Gasteiger partial charge in [-0.3, -0.25) is 9.69 Å². The molecule has 0 saturated heterocycles. The number of aliphatic hydroxyl groups is 1. The molecule has 4 heteroatoms. The van der Waals surface area contributed by atoms with Gasteiger partial charge in [0.2, 0.25) is 0 Å². The summed E-state index contributed by atoms with van der Waals surface area (Å²) in [6, 6.07) is 0.559. The first-order valence-corrected chi connectivity index (χ1v) is 6.69. The zero-order valence-electron chi connectivity index (χ0n) is 10.9. The Morgan fingerprint density at radius 1 is 1.29 bits per heavy atom. The quantitative estimate of drug-likeness (QED) is 0.519. The number of carbonyl (C=O) groups is 1. The Balaban J connectivity index is 2.32. The highest BCUT2D eigenvalue weighted by molar-refractivity contribution is 5.71. The van der Waals surface area contributed by atoms with Crippen molar-refractivity contribution in [2.45, 2.75) is 51.0 Å². The van der Waals surface area contributed by atoms with Crippen LogP contribution in [0.3, 0.4) is 0 Å². The summed E-state index contributed by atoms with van der Waals surface area (Å²) < 4.78 is 4.75. The predicted molar refractivity (Wildman–Crippen MR) is 66.8 cm³/mol. The Hall–Kier alpha value is -0.610. The number of nitrogens with zero attached hydrogens (tertiary/aromatic N) is 1. The first kappa shape index (κ1) is 14.5. The van der Waals surface area contributed by atoms with Crippen molar-refractivity contribution in [3.05, 3.63) is 0 Å². The molecule has 1 aliphatic rings. The molecule has 1 N–H and O–H groups in total. The Labute approximate surface area is 104 Å². The van der Waals surface area contributed by atoms with Crippen molar-refractivity contribution < 1.29 is 14.6 Å². The third-order valence-corrected chi connectivity index (χ3v) is 3.50. The molecule has 0 heterocycles. The first-order chi connectivity index (χ1) is 8.27. The lowest BCUT2D eigenvalue weighted by atomic mass is 10.1. The van der Waals surface area contributed by atoms with Gasteiger partial charge in [-0.15, -0.1) is 0 Å². The molecule has 0 radical (unpaired) electrons. The largest absolute Gasteiger partial charge is 0.468 e. The van der Waals surface area contributed by atoms with Gasteiger partial charge in [0.15, 0.2) is 0 Å². The predicted octanol–water partition coefficient (Wildman–Crippen LogP) is 1.57. The van der Waals surface area contributed by atoms with E-state index < -0.39 is 0 Å². The summed E-state index contributed by atoms with van der Waals surface area (Å²) in [6.07, 6.45) is 7.90. The Bertz CT molecular complexity index is 215. The Kier molecular flexibility index (Phi) is 7.21. The molecule has 0 aromatic rings. The second-order valence-corrected chi connectivity index (χ2v) is 4.77. The molecule has 0 aromatic heterocycles. The molecule has 0 amide bonds. The van der Waals surface area contributed by atoms with E-state index in [0.717, 1.165) is 25.8 Å². The maximum Gasteiger partial charge on any atom is 0.319 e. The summed E-state index contributed by atoms with van der Waals surface area (Å²) in [4.78, 5) is 13.6. The molecule has 0 unspecified atom stereocenters. The minimum atomic E-state index is -0.140. The van der Waals surface area contributed by atoms with E-state index in [-0.39, 0.29) is 12.6 Å². The van der Waals surface area contributed by atoms with Gasteiger partial charge in [-0.2, -0.15) is 0 Å². The summed E-state index contributed by atoms with van der Waals surface area (Å²) in [7, 11) is 1.45. The lowest BCUT2D eigenvalue weighted by Gasteiger charge is -2.27. The Morgan fingerprint density at radius 3 is 2.59 bits per heavy atom. The van der Waals surface area contributed by atoms with Gasteiger partial charge in [0, 0.05) is 12.6 Å². The van der Waals surface area contributed by atoms with Crippen molar-refractivity contribution in [3.8, 4) is 0 Å². The first-order valence-electron chi connectivity index (χ1n) is 6.69. The summed E-state index contributed by atoms with van der Waals surface area (Å²) >= 11 is 0. The minimum absolute atomic E-state index is 0.140. The molecule has 0 aromatic carbocycles. The van der Waals surface area contributed by atoms with Crippen LogP contribution in [-0.2, 0) is 9.53 Å². The Morgan fingerprint density at radius 2 is 2.00 bits per heavy atom. The van der Waals surface area contributed by atoms with Crippen molar-refractivity contribution in [2.75, 3.05) is 26.8 Å². The molecular weight excluding hydrogens is 218 g/mol. The number of carbonyl (C=O) groups excluding carboxylic acids is 1. The molecular formula is C13H25NO3. The smallest absolute Gasteiger partial charge is 0.319 e. The normalized spacial score (nSPS) is 16.6. The highest BCUT2D eigenvalue weighted by atomic mass is 16.5. The van der Waals surface area contributed by atoms with Gasteiger partial charge in [0.05, 0.1) is 13.7 Å². The summed E-state index contributed by atoms with van der Waals surface area (Å²) in [5.74, 6) is -0.140. The molecule has 0 atom stereocenters. The molecule has 0 aliphatic heterocycles. The maximum absolute atomic E-state index is 11.4. The van der Waals surface area contributed by atoms with Crippen LogP contribution in [0.2, 0.25) is 0 Å². The second kappa shape index (κ2) is 8.48. The van der Waals surface area contributed by atoms with Crippen LogP contribution in [0.1, 0.15) is 44.9 Å². The lowest BCUT2D eigenvalue weighted by molar-refractivity contribution is -0.142. The van der Waals surface area contributed by atoms with Crippen molar-refractivity contribution in [1.29, 1.82) is 0 Å². The fraction of sp³-hybridized carbons (Fsp3) is 0.923. The van der Waals surface area contributed by atoms with Crippen LogP contribution in [0.25, 0.3) is 0 Å². The van der Waals surface area contributed by atoms with E-state index in [0.29, 0.717) is 12.6 Å². The van der Waals surface area contributed by atoms with Gasteiger partial charge in [0.1, 0.15) is 0 Å². The molecule has 1 rings (SSSR count). The summed E-state index contributed by atoms with van der Waals surface area (Å²) in [6.45, 7) is 1.63. The van der Waals surface area contributed by atoms with Crippen LogP contribution >= 0.6 is 0 Å². The molecule has 1 saturated carbocycles. The second-order valence-electron chi connectivity index (χ2n) is 4.77. The van der Waals surface area contributed by atoms with Gasteiger partial charge < -0.3 is 9.84 Å². The van der Waals surface area contributed by atoms with Crippen LogP contribution < -0.4 is 0 Å². The van der Waals surface area contributed by atoms with Crippen molar-refractivity contribution >= 4 is 5.97 Å². The fourth-order valence-corrected chi connectivity index (χ4v) is 2.49. The van der Waals surface area contributed by atoms with E-state index in [1.165, 1.54) is 32.8 Å². The number of hydrogen-bond donors (Lipinski definition) is 1. The highest BCUT2D eigenvalue weighted by Gasteiger charge is 2.24. The topological polar surface area (TPSA) is 49.8 Å². The third-order valence-electron chi connectivity index (χ3n) is 3.50. The minimum Gasteiger partial charge on any atom is -0.468 e. The summed E-state index contributed by atoms with van der Waals surface area (Å²) in [5, 5.41) is 8.74. The molecule has 100 valence electrons. The molecule has 1 fully saturated rings. The number of aliphatic hydroxyl groups excluding tert-OH is 1. The average molecular weight is 243 g/mol. The number of methoxy groups -OCH3 is 1. The zero-order chi connectivity index (χ0) is 12.5. The van der Waals surface area contributed by atoms with Crippen LogP contribution in [0.5, 0.6) is 0 Å². The molecule has 17 heavy (non-hydrogen) atoms. The van der Waals surface area contributed by atoms with Gasteiger partial charge in [-0.05, 0) is 38.6 Å². The van der Waals surface area contributed by atoms with E-state index >= 15 is 0 Å². The van der Waals surface area contributed by atoms with Crippen molar-refractivity contribution in [1.82, 2.24) is 4.90 Å². The van der Waals surface area contributed by atoms with Gasteiger partial charge >= 0.3 is 5.97 Å². The van der Waals surface area contributed by atoms with E-state index in [1.807, 2.05) is 0 Å². The fourth-order valence-electron chi connectivity index (χ4n) is 2.49. The van der Waals surface area contributed by atoms with Gasteiger partial charge in [-0.1, -0.05) is 12.8 Å². The maximum atomic E-state index is 11.4. The van der Waals surface area contributed by atoms with Crippen LogP contribution in [-0.4, -0.2) is 48.8 Å². The zero-order valence-corrected chi connectivity index (χ0v) is 10.9. The highest BCUT2D eigenvalue weighted by Crippen LogP contribution is 2.23. The number of unbranched alkanes of at least 4 members (excludes halogenated alkanes) is 2. The van der Waals surface area contributed by atoms with E-state index in [2.05, 4.69) is 4.90 Å². The van der Waals surface area contributed by atoms with Crippen LogP contribution in [0, 0.1) is 0 Å². The van der Waals surface area contributed by atoms with E-state index in [1.54, 1.807) is 0 Å². The molecule has 0 spiro atoms. The SMILES string of the molecule is COC(=O)CN(CCCCCO)C1CCCC1. The van der Waals surface area contributed by atoms with Crippen molar-refractivity contribution in [2.24, 2.45) is 0 Å². The standard InChI is InChI=1S/C13H25NO3/c1-17-13(16)11-14(9-5-2-6-10-15)12-7-3-4-8-12/h12,15H,2-11H2,1H3. The van der Waals surface area contributed by atoms with E-state index in [9.17, 15) is 4.79 Å². The van der Waals surface area contributed by atoms with Crippen molar-refractivity contribution in [3.63, 3.8) is 0 Å². The summed E-state index contributed by atoms with van der Waals surface area (Å²) in [5.41, 5.74) is 0. The molecule has 1 aliphatic carbocycles. The monoisotopic (exact) mass is 243 g/mol. The number of hydrogen-bond acceptors (Lipinski definition) is 4. The number of rotatable bonds is 8. The van der Waals surface area contributed by atoms with E-state index in [4.69, 9.17) is 9.84 Å². The number of ether oxygens (including phenoxy) is 1. The third kappa shape index (κ3) is 5.50. The molecule has 0 bridgehead atoms. The average Bonchev–Trinajstić information content (AvgIpc) is 2.86.